The predicted molar refractivity (Wildman–Crippen MR) is 93.4 cm³/mol. The zero-order valence-corrected chi connectivity index (χ0v) is 14.0. The predicted octanol–water partition coefficient (Wildman–Crippen LogP) is 3.91. The van der Waals surface area contributed by atoms with Gasteiger partial charge in [-0.1, -0.05) is 30.3 Å². The number of hydrogen-bond acceptors (Lipinski definition) is 3. The maximum Gasteiger partial charge on any atom is 0.161 e. The molecule has 2 aromatic carbocycles. The molecule has 0 radical (unpaired) electrons. The molecule has 0 amide bonds. The second-order valence-electron chi connectivity index (χ2n) is 6.04. The molecule has 1 aliphatic rings. The van der Waals surface area contributed by atoms with E-state index in [1.807, 2.05) is 0 Å². The fourth-order valence-electron chi connectivity index (χ4n) is 3.38. The molecule has 0 aromatic heterocycles. The Balaban J connectivity index is 1.70. The standard InChI is InChI=1S/C20H25NO2/c1-22-19-13-16-11-12-21-18(17(16)14-20(19)23-2)10-6-9-15-7-4-3-5-8-15/h3-5,7-8,13-14,18,21H,6,9-12H2,1-2H3. The highest BCUT2D eigenvalue weighted by Crippen LogP contribution is 2.36. The molecule has 0 saturated heterocycles. The van der Waals surface area contributed by atoms with Crippen LogP contribution in [0.5, 0.6) is 11.5 Å². The van der Waals surface area contributed by atoms with E-state index in [2.05, 4.69) is 47.8 Å². The van der Waals surface area contributed by atoms with E-state index >= 15 is 0 Å². The van der Waals surface area contributed by atoms with Crippen molar-refractivity contribution in [2.75, 3.05) is 20.8 Å². The molecular weight excluding hydrogens is 286 g/mol. The maximum absolute atomic E-state index is 5.47. The molecule has 1 N–H and O–H groups in total. The summed E-state index contributed by atoms with van der Waals surface area (Å²) >= 11 is 0. The van der Waals surface area contributed by atoms with Crippen molar-refractivity contribution in [2.24, 2.45) is 0 Å². The summed E-state index contributed by atoms with van der Waals surface area (Å²) in [6, 6.07) is 15.4. The minimum absolute atomic E-state index is 0.405. The van der Waals surface area contributed by atoms with Gasteiger partial charge < -0.3 is 14.8 Å². The van der Waals surface area contributed by atoms with E-state index in [1.165, 1.54) is 23.1 Å². The van der Waals surface area contributed by atoms with E-state index in [-0.39, 0.29) is 0 Å². The number of aryl methyl sites for hydroxylation is 1. The number of methoxy groups -OCH3 is 2. The molecule has 1 aliphatic heterocycles. The molecule has 122 valence electrons. The lowest BCUT2D eigenvalue weighted by Gasteiger charge is -2.28. The second-order valence-corrected chi connectivity index (χ2v) is 6.04. The van der Waals surface area contributed by atoms with E-state index in [1.54, 1.807) is 14.2 Å². The van der Waals surface area contributed by atoms with Gasteiger partial charge in [-0.15, -0.1) is 0 Å². The molecule has 1 atom stereocenters. The lowest BCUT2D eigenvalue weighted by molar-refractivity contribution is 0.351. The van der Waals surface area contributed by atoms with E-state index < -0.39 is 0 Å². The molecule has 3 heteroatoms. The number of rotatable bonds is 6. The summed E-state index contributed by atoms with van der Waals surface area (Å²) in [6.45, 7) is 1.03. The number of hydrogen-bond donors (Lipinski definition) is 1. The Morgan fingerprint density at radius 1 is 1.04 bits per heavy atom. The van der Waals surface area contributed by atoms with Crippen LogP contribution in [0.4, 0.5) is 0 Å². The molecule has 1 unspecified atom stereocenters. The highest BCUT2D eigenvalue weighted by molar-refractivity contribution is 5.49. The van der Waals surface area contributed by atoms with Crippen LogP contribution in [0.3, 0.4) is 0 Å². The van der Waals surface area contributed by atoms with Crippen molar-refractivity contribution in [1.29, 1.82) is 0 Å². The third kappa shape index (κ3) is 3.67. The van der Waals surface area contributed by atoms with Gasteiger partial charge >= 0.3 is 0 Å². The minimum atomic E-state index is 0.405. The van der Waals surface area contributed by atoms with Crippen molar-refractivity contribution >= 4 is 0 Å². The molecule has 0 saturated carbocycles. The normalized spacial score (nSPS) is 16.7. The van der Waals surface area contributed by atoms with Crippen LogP contribution in [-0.2, 0) is 12.8 Å². The van der Waals surface area contributed by atoms with Crippen molar-refractivity contribution in [2.45, 2.75) is 31.7 Å². The van der Waals surface area contributed by atoms with Crippen LogP contribution in [0, 0.1) is 0 Å². The van der Waals surface area contributed by atoms with Crippen molar-refractivity contribution in [3.8, 4) is 11.5 Å². The number of ether oxygens (including phenoxy) is 2. The largest absolute Gasteiger partial charge is 0.493 e. The van der Waals surface area contributed by atoms with Crippen LogP contribution in [-0.4, -0.2) is 20.8 Å². The third-order valence-corrected chi connectivity index (χ3v) is 4.61. The van der Waals surface area contributed by atoms with Crippen LogP contribution in [0.25, 0.3) is 0 Å². The van der Waals surface area contributed by atoms with Crippen molar-refractivity contribution in [3.05, 3.63) is 59.2 Å². The summed E-state index contributed by atoms with van der Waals surface area (Å²) in [4.78, 5) is 0. The van der Waals surface area contributed by atoms with Gasteiger partial charge in [-0.2, -0.15) is 0 Å². The quantitative estimate of drug-likeness (QED) is 0.877. The topological polar surface area (TPSA) is 30.5 Å². The molecule has 0 fully saturated rings. The average molecular weight is 311 g/mol. The monoisotopic (exact) mass is 311 g/mol. The molecule has 0 bridgehead atoms. The highest BCUT2D eigenvalue weighted by atomic mass is 16.5. The molecule has 0 aliphatic carbocycles. The van der Waals surface area contributed by atoms with E-state index in [9.17, 15) is 0 Å². The Bertz CT molecular complexity index is 640. The Labute approximate surface area is 138 Å². The first kappa shape index (κ1) is 15.9. The Morgan fingerprint density at radius 2 is 1.78 bits per heavy atom. The van der Waals surface area contributed by atoms with Crippen LogP contribution in [0.2, 0.25) is 0 Å². The molecule has 2 aromatic rings. The van der Waals surface area contributed by atoms with E-state index in [4.69, 9.17) is 9.47 Å². The highest BCUT2D eigenvalue weighted by Gasteiger charge is 2.22. The fourth-order valence-corrected chi connectivity index (χ4v) is 3.38. The summed E-state index contributed by atoms with van der Waals surface area (Å²) in [5.41, 5.74) is 4.16. The van der Waals surface area contributed by atoms with Gasteiger partial charge in [-0.05, 0) is 61.1 Å². The molecule has 23 heavy (non-hydrogen) atoms. The summed E-state index contributed by atoms with van der Waals surface area (Å²) < 4.78 is 10.9. The Morgan fingerprint density at radius 3 is 2.52 bits per heavy atom. The van der Waals surface area contributed by atoms with Gasteiger partial charge in [-0.3, -0.25) is 0 Å². The smallest absolute Gasteiger partial charge is 0.161 e. The third-order valence-electron chi connectivity index (χ3n) is 4.61. The first-order valence-corrected chi connectivity index (χ1v) is 8.34. The van der Waals surface area contributed by atoms with Crippen LogP contribution >= 0.6 is 0 Å². The van der Waals surface area contributed by atoms with E-state index in [0.717, 1.165) is 37.3 Å². The van der Waals surface area contributed by atoms with Crippen molar-refractivity contribution in [3.63, 3.8) is 0 Å². The Hall–Kier alpha value is -2.00. The molecule has 3 rings (SSSR count). The van der Waals surface area contributed by atoms with Crippen molar-refractivity contribution < 1.29 is 9.47 Å². The van der Waals surface area contributed by atoms with Crippen LogP contribution < -0.4 is 14.8 Å². The van der Waals surface area contributed by atoms with E-state index in [0.29, 0.717) is 6.04 Å². The first-order chi connectivity index (χ1) is 11.3. The van der Waals surface area contributed by atoms with Gasteiger partial charge in [0.2, 0.25) is 0 Å². The van der Waals surface area contributed by atoms with Gasteiger partial charge in [0.15, 0.2) is 11.5 Å². The first-order valence-electron chi connectivity index (χ1n) is 8.34. The maximum atomic E-state index is 5.47. The lowest BCUT2D eigenvalue weighted by atomic mass is 9.90. The zero-order chi connectivity index (χ0) is 16.1. The number of fused-ring (bicyclic) bond motifs is 1. The van der Waals surface area contributed by atoms with Gasteiger partial charge in [-0.25, -0.2) is 0 Å². The summed E-state index contributed by atoms with van der Waals surface area (Å²) in [5, 5.41) is 3.65. The van der Waals surface area contributed by atoms with Crippen LogP contribution in [0.15, 0.2) is 42.5 Å². The summed E-state index contributed by atoms with van der Waals surface area (Å²) in [6.07, 6.45) is 4.49. The van der Waals surface area contributed by atoms with Gasteiger partial charge in [0.25, 0.3) is 0 Å². The second kappa shape index (κ2) is 7.51. The van der Waals surface area contributed by atoms with Crippen LogP contribution in [0.1, 0.15) is 35.6 Å². The van der Waals surface area contributed by atoms with Gasteiger partial charge in [0, 0.05) is 6.04 Å². The summed E-state index contributed by atoms with van der Waals surface area (Å²) in [7, 11) is 3.40. The zero-order valence-electron chi connectivity index (χ0n) is 14.0. The SMILES string of the molecule is COc1cc2c(cc1OC)C(CCCc1ccccc1)NCC2. The Kier molecular flexibility index (Phi) is 5.19. The molecule has 3 nitrogen and oxygen atoms in total. The number of nitrogens with one attached hydrogen (secondary N) is 1. The van der Waals surface area contributed by atoms with Gasteiger partial charge in [0.05, 0.1) is 14.2 Å². The number of benzene rings is 2. The minimum Gasteiger partial charge on any atom is -0.493 e. The molecule has 1 heterocycles. The van der Waals surface area contributed by atoms with Gasteiger partial charge in [0.1, 0.15) is 0 Å². The molecular formula is C20H25NO2. The molecule has 0 spiro atoms. The fraction of sp³-hybridized carbons (Fsp3) is 0.400. The average Bonchev–Trinajstić information content (AvgIpc) is 2.61. The summed E-state index contributed by atoms with van der Waals surface area (Å²) in [5.74, 6) is 1.65. The lowest BCUT2D eigenvalue weighted by Crippen LogP contribution is -2.30. The van der Waals surface area contributed by atoms with Crippen molar-refractivity contribution in [1.82, 2.24) is 5.32 Å².